The molecule has 0 saturated carbocycles. The number of aromatic nitrogens is 2. The second-order valence-corrected chi connectivity index (χ2v) is 13.2. The number of sulfonamides is 2. The van der Waals surface area contributed by atoms with Crippen molar-refractivity contribution in [2.24, 2.45) is 0 Å². The van der Waals surface area contributed by atoms with Gasteiger partial charge in [0.2, 0.25) is 11.9 Å². The van der Waals surface area contributed by atoms with E-state index in [9.17, 15) is 31.7 Å². The highest BCUT2D eigenvalue weighted by Gasteiger charge is 2.31. The fourth-order valence-corrected chi connectivity index (χ4v) is 6.52. The molecule has 0 unspecified atom stereocenters. The maximum absolute atomic E-state index is 13.9. The number of carbonyl (C=O) groups excluding carboxylic acids is 1. The summed E-state index contributed by atoms with van der Waals surface area (Å²) in [5.41, 5.74) is 0.437. The molecule has 0 aliphatic carbocycles. The van der Waals surface area contributed by atoms with Crippen molar-refractivity contribution in [3.05, 3.63) is 99.3 Å². The van der Waals surface area contributed by atoms with Gasteiger partial charge in [-0.2, -0.15) is 0 Å². The number of amides is 1. The Morgan fingerprint density at radius 1 is 1.00 bits per heavy atom. The van der Waals surface area contributed by atoms with Gasteiger partial charge in [0, 0.05) is 34.2 Å². The Hall–Kier alpha value is -4.80. The number of rotatable bonds is 11. The molecule has 1 heterocycles. The van der Waals surface area contributed by atoms with E-state index < -0.39 is 48.0 Å². The molecule has 1 aromatic heterocycles. The molecule has 1 amide bonds. The van der Waals surface area contributed by atoms with Crippen LogP contribution in [0.4, 0.5) is 23.0 Å². The molecule has 0 radical (unpaired) electrons. The number of aryl methyl sites for hydroxylation is 2. The van der Waals surface area contributed by atoms with Crippen LogP contribution in [0.25, 0.3) is 0 Å². The summed E-state index contributed by atoms with van der Waals surface area (Å²) in [6.45, 7) is 2.34. The fourth-order valence-electron chi connectivity index (χ4n) is 3.96. The minimum atomic E-state index is -4.59. The number of nitrogens with zero attached hydrogens (tertiary/aromatic N) is 4. The molecule has 0 fully saturated rings. The molecule has 14 nitrogen and oxygen atoms in total. The van der Waals surface area contributed by atoms with Gasteiger partial charge < -0.3 is 10.1 Å². The first kappa shape index (κ1) is 32.1. The number of ether oxygens (including phenoxy) is 1. The standard InChI is InChI=1S/C27H25ClN6O8S2/c1-17-4-8-22(15-23(17)34(36)37)44(40,41)33(24-14-19(28)5-11-25(24)42-3)16-26(35)31-20-6-9-21(10-7-20)43(38,39)32-27-29-13-12-18(2)30-27/h4-15H,16H2,1-3H3,(H,31,35)(H,29,30,32). The van der Waals surface area contributed by atoms with Crippen molar-refractivity contribution < 1.29 is 31.3 Å². The normalized spacial score (nSPS) is 11.5. The number of nitrogens with one attached hydrogen (secondary N) is 2. The zero-order valence-corrected chi connectivity index (χ0v) is 25.8. The van der Waals surface area contributed by atoms with Gasteiger partial charge in [0.1, 0.15) is 12.3 Å². The van der Waals surface area contributed by atoms with Crippen molar-refractivity contribution >= 4 is 60.6 Å². The Kier molecular flexibility index (Phi) is 9.36. The first-order chi connectivity index (χ1) is 20.7. The number of nitro groups is 1. The molecule has 3 aromatic carbocycles. The first-order valence-corrected chi connectivity index (χ1v) is 15.8. The van der Waals surface area contributed by atoms with Crippen LogP contribution in [0.2, 0.25) is 5.02 Å². The maximum Gasteiger partial charge on any atom is 0.273 e. The molecule has 4 rings (SSSR count). The predicted octanol–water partition coefficient (Wildman–Crippen LogP) is 4.30. The monoisotopic (exact) mass is 660 g/mol. The van der Waals surface area contributed by atoms with E-state index >= 15 is 0 Å². The Morgan fingerprint density at radius 2 is 1.68 bits per heavy atom. The Balaban J connectivity index is 1.63. The van der Waals surface area contributed by atoms with E-state index in [1.165, 1.54) is 74.8 Å². The molecule has 2 N–H and O–H groups in total. The fraction of sp³-hybridized carbons (Fsp3) is 0.148. The summed E-state index contributed by atoms with van der Waals surface area (Å²) >= 11 is 6.15. The van der Waals surface area contributed by atoms with E-state index in [1.807, 2.05) is 0 Å². The topological polar surface area (TPSA) is 191 Å². The third-order valence-electron chi connectivity index (χ3n) is 6.13. The average Bonchev–Trinajstić information content (AvgIpc) is 2.96. The van der Waals surface area contributed by atoms with Gasteiger partial charge in [-0.3, -0.25) is 19.2 Å². The number of carbonyl (C=O) groups is 1. The third kappa shape index (κ3) is 7.21. The van der Waals surface area contributed by atoms with Crippen LogP contribution in [-0.4, -0.2) is 51.3 Å². The molecule has 0 bridgehead atoms. The van der Waals surface area contributed by atoms with E-state index in [2.05, 4.69) is 20.0 Å². The zero-order valence-electron chi connectivity index (χ0n) is 23.4. The van der Waals surface area contributed by atoms with Crippen LogP contribution in [0.3, 0.4) is 0 Å². The van der Waals surface area contributed by atoms with Crippen molar-refractivity contribution in [2.75, 3.05) is 28.0 Å². The summed E-state index contributed by atoms with van der Waals surface area (Å²) in [6, 6.07) is 14.2. The summed E-state index contributed by atoms with van der Waals surface area (Å²) in [5.74, 6) is -0.870. The number of anilines is 3. The smallest absolute Gasteiger partial charge is 0.273 e. The van der Waals surface area contributed by atoms with Gasteiger partial charge in [-0.05, 0) is 68.4 Å². The number of hydrogen-bond acceptors (Lipinski definition) is 10. The molecule has 44 heavy (non-hydrogen) atoms. The first-order valence-electron chi connectivity index (χ1n) is 12.5. The molecule has 0 aliphatic heterocycles. The van der Waals surface area contributed by atoms with Gasteiger partial charge in [-0.1, -0.05) is 17.7 Å². The minimum absolute atomic E-state index is 0.0621. The predicted molar refractivity (Wildman–Crippen MR) is 163 cm³/mol. The largest absolute Gasteiger partial charge is 0.495 e. The lowest BCUT2D eigenvalue weighted by Gasteiger charge is -2.26. The Labute approximate surface area is 257 Å². The molecule has 4 aromatic rings. The summed E-state index contributed by atoms with van der Waals surface area (Å²) in [5, 5.41) is 14.2. The SMILES string of the molecule is COc1ccc(Cl)cc1N(CC(=O)Nc1ccc(S(=O)(=O)Nc2nccc(C)n2)cc1)S(=O)(=O)c1ccc(C)c([N+](=O)[O-])c1. The van der Waals surface area contributed by atoms with E-state index in [4.69, 9.17) is 16.3 Å². The van der Waals surface area contributed by atoms with Gasteiger partial charge in [-0.25, -0.2) is 31.5 Å². The number of methoxy groups -OCH3 is 1. The van der Waals surface area contributed by atoms with Gasteiger partial charge in [0.05, 0.1) is 27.5 Å². The highest BCUT2D eigenvalue weighted by Crippen LogP contribution is 2.36. The molecule has 0 aliphatic rings. The van der Waals surface area contributed by atoms with Crippen LogP contribution in [0.5, 0.6) is 5.75 Å². The number of halogens is 1. The van der Waals surface area contributed by atoms with Gasteiger partial charge in [-0.15, -0.1) is 0 Å². The second-order valence-electron chi connectivity index (χ2n) is 9.23. The Bertz CT molecular complexity index is 1960. The summed E-state index contributed by atoms with van der Waals surface area (Å²) in [7, 11) is -7.35. The van der Waals surface area contributed by atoms with Crippen molar-refractivity contribution in [1.29, 1.82) is 0 Å². The summed E-state index contributed by atoms with van der Waals surface area (Å²) in [6.07, 6.45) is 1.40. The van der Waals surface area contributed by atoms with E-state index in [0.717, 1.165) is 6.07 Å². The number of nitro benzene ring substituents is 1. The van der Waals surface area contributed by atoms with Crippen molar-refractivity contribution in [1.82, 2.24) is 9.97 Å². The lowest BCUT2D eigenvalue weighted by atomic mass is 10.2. The van der Waals surface area contributed by atoms with Crippen LogP contribution >= 0.6 is 11.6 Å². The highest BCUT2D eigenvalue weighted by molar-refractivity contribution is 7.93. The molecule has 230 valence electrons. The molecule has 17 heteroatoms. The molecule has 0 atom stereocenters. The van der Waals surface area contributed by atoms with Crippen LogP contribution in [-0.2, 0) is 24.8 Å². The maximum atomic E-state index is 13.9. The van der Waals surface area contributed by atoms with Crippen LogP contribution in [0.1, 0.15) is 11.3 Å². The van der Waals surface area contributed by atoms with Gasteiger partial charge in [0.25, 0.3) is 25.7 Å². The molecule has 0 spiro atoms. The van der Waals surface area contributed by atoms with Crippen LogP contribution in [0.15, 0.2) is 82.7 Å². The van der Waals surface area contributed by atoms with Crippen LogP contribution in [0, 0.1) is 24.0 Å². The second kappa shape index (κ2) is 12.8. The molecular formula is C27H25ClN6O8S2. The zero-order chi connectivity index (χ0) is 32.2. The molecular weight excluding hydrogens is 636 g/mol. The highest BCUT2D eigenvalue weighted by atomic mass is 35.5. The van der Waals surface area contributed by atoms with Crippen LogP contribution < -0.4 is 19.1 Å². The quantitative estimate of drug-likeness (QED) is 0.173. The third-order valence-corrected chi connectivity index (χ3v) is 9.47. The average molecular weight is 661 g/mol. The molecule has 0 saturated heterocycles. The number of hydrogen-bond donors (Lipinski definition) is 2. The number of benzene rings is 3. The summed E-state index contributed by atoms with van der Waals surface area (Å²) < 4.78 is 61.5. The van der Waals surface area contributed by atoms with E-state index in [-0.39, 0.29) is 38.6 Å². The van der Waals surface area contributed by atoms with Gasteiger partial charge in [0.15, 0.2) is 0 Å². The van der Waals surface area contributed by atoms with Crippen molar-refractivity contribution in [3.8, 4) is 5.75 Å². The lowest BCUT2D eigenvalue weighted by molar-refractivity contribution is -0.385. The van der Waals surface area contributed by atoms with Gasteiger partial charge >= 0.3 is 0 Å². The van der Waals surface area contributed by atoms with E-state index in [1.54, 1.807) is 13.0 Å². The Morgan fingerprint density at radius 3 is 2.32 bits per heavy atom. The van der Waals surface area contributed by atoms with Crippen molar-refractivity contribution in [3.63, 3.8) is 0 Å². The van der Waals surface area contributed by atoms with Crippen molar-refractivity contribution in [2.45, 2.75) is 23.6 Å². The summed E-state index contributed by atoms with van der Waals surface area (Å²) in [4.78, 5) is 31.3. The van der Waals surface area contributed by atoms with E-state index in [0.29, 0.717) is 10.00 Å². The minimum Gasteiger partial charge on any atom is -0.495 e. The lowest BCUT2D eigenvalue weighted by Crippen LogP contribution is -2.38.